The van der Waals surface area contributed by atoms with Crippen LogP contribution >= 0.6 is 7.60 Å². The summed E-state index contributed by atoms with van der Waals surface area (Å²) in [7, 11) is -5.70. The number of nitrogens with zero attached hydrogens (tertiary/aromatic N) is 3. The van der Waals surface area contributed by atoms with Gasteiger partial charge in [-0.25, -0.2) is 9.59 Å². The maximum Gasteiger partial charge on any atom is 0.510 e. The van der Waals surface area contributed by atoms with E-state index < -0.39 is 86.7 Å². The minimum absolute atomic E-state index is 0.00337. The normalized spacial score (nSPS) is 21.5. The average Bonchev–Trinajstić information content (AvgIpc) is 3.87. The first-order chi connectivity index (χ1) is 30.4. The number of hydrogen-bond donors (Lipinski definition) is 2. The number of carbonyl (C=O) groups is 5. The Balaban J connectivity index is 1.18. The molecular weight excluding hydrogens is 863 g/mol. The SMILES string of the molecule is CC(C)OC(=O)OCOP(=O)(OCOC(=O)OC(C)C)C(F)(F)c1ccc2ccc(C(=O)N[C@H]3CCCC[C@H]4CC[C@@H](C(=O)N5C[C@H](c6cc[nH]c(=O)c6)[C@@H](C#N)C5)N4C3=O)cc2c1. The summed E-state index contributed by atoms with van der Waals surface area (Å²) in [4.78, 5) is 83.8. The van der Waals surface area contributed by atoms with Crippen molar-refractivity contribution in [1.29, 1.82) is 5.26 Å². The number of benzene rings is 2. The van der Waals surface area contributed by atoms with Crippen molar-refractivity contribution in [3.05, 3.63) is 81.8 Å². The molecule has 0 spiro atoms. The molecule has 64 heavy (non-hydrogen) atoms. The molecule has 344 valence electrons. The van der Waals surface area contributed by atoms with Crippen LogP contribution in [-0.4, -0.2) is 102 Å². The Morgan fingerprint density at radius 3 is 2.17 bits per heavy atom. The minimum Gasteiger partial charge on any atom is -0.432 e. The first-order valence-corrected chi connectivity index (χ1v) is 22.4. The molecule has 4 heterocycles. The second-order valence-electron chi connectivity index (χ2n) is 16.3. The standard InChI is InChI=1S/C43H50F2N5O13P/c1-25(2)62-41(55)58-23-60-64(57,61-24-59-42(56)63-26(3)4)43(44,45)32-12-11-27-9-10-29(17-30(27)18-32)38(52)48-35-8-6-5-7-33-13-14-36(50(33)39(35)53)40(54)49-21-31(20-46)34(22-49)28-15-16-47-37(51)19-28/h9-12,15-19,25-26,31,33-36H,5-8,13-14,21-24H2,1-4H3,(H,47,51)(H,48,52)/t31-,33-,34+,35-,36-/m0/s1. The third-order valence-corrected chi connectivity index (χ3v) is 13.0. The molecule has 3 aliphatic heterocycles. The zero-order valence-corrected chi connectivity index (χ0v) is 36.6. The van der Waals surface area contributed by atoms with Gasteiger partial charge in [0.05, 0.1) is 24.2 Å². The molecule has 5 atom stereocenters. The Labute approximate surface area is 366 Å². The lowest BCUT2D eigenvalue weighted by Gasteiger charge is -2.36. The summed E-state index contributed by atoms with van der Waals surface area (Å²) in [6, 6.07) is 10.7. The number of pyridine rings is 1. The van der Waals surface area contributed by atoms with E-state index in [9.17, 15) is 38.6 Å². The smallest absolute Gasteiger partial charge is 0.432 e. The van der Waals surface area contributed by atoms with Gasteiger partial charge in [0.2, 0.25) is 31.0 Å². The quantitative estimate of drug-likeness (QED) is 0.0981. The van der Waals surface area contributed by atoms with Crippen LogP contribution in [0.4, 0.5) is 18.4 Å². The molecule has 0 radical (unpaired) electrons. The van der Waals surface area contributed by atoms with E-state index >= 15 is 8.78 Å². The van der Waals surface area contributed by atoms with E-state index in [0.717, 1.165) is 18.6 Å². The summed E-state index contributed by atoms with van der Waals surface area (Å²) in [6.07, 6.45) is 0.885. The van der Waals surface area contributed by atoms with E-state index in [1.54, 1.807) is 15.9 Å². The maximum atomic E-state index is 16.3. The van der Waals surface area contributed by atoms with Crippen LogP contribution in [0.25, 0.3) is 10.8 Å². The van der Waals surface area contributed by atoms with Gasteiger partial charge in [0.1, 0.15) is 12.1 Å². The van der Waals surface area contributed by atoms with E-state index in [4.69, 9.17) is 18.5 Å². The van der Waals surface area contributed by atoms with Crippen LogP contribution in [0.1, 0.15) is 93.6 Å². The number of rotatable bonds is 14. The van der Waals surface area contributed by atoms with Crippen molar-refractivity contribution in [1.82, 2.24) is 20.1 Å². The highest BCUT2D eigenvalue weighted by Crippen LogP contribution is 2.67. The summed E-state index contributed by atoms with van der Waals surface area (Å²) in [6.45, 7) is 3.76. The van der Waals surface area contributed by atoms with E-state index in [-0.39, 0.29) is 53.9 Å². The fourth-order valence-electron chi connectivity index (χ4n) is 8.18. The van der Waals surface area contributed by atoms with E-state index in [0.29, 0.717) is 36.6 Å². The second kappa shape index (κ2) is 20.3. The van der Waals surface area contributed by atoms with Gasteiger partial charge in [0.25, 0.3) is 5.91 Å². The number of ether oxygens (including phenoxy) is 4. The number of alkyl halides is 2. The molecule has 2 N–H and O–H groups in total. The van der Waals surface area contributed by atoms with Gasteiger partial charge < -0.3 is 39.0 Å². The van der Waals surface area contributed by atoms with E-state index in [2.05, 4.69) is 25.8 Å². The molecule has 2 aromatic carbocycles. The molecule has 3 saturated heterocycles. The van der Waals surface area contributed by atoms with Crippen LogP contribution in [0.15, 0.2) is 59.5 Å². The van der Waals surface area contributed by atoms with Crippen molar-refractivity contribution in [3.63, 3.8) is 0 Å². The van der Waals surface area contributed by atoms with Gasteiger partial charge in [-0.15, -0.1) is 0 Å². The number of halogens is 2. The van der Waals surface area contributed by atoms with Gasteiger partial charge in [0.15, 0.2) is 0 Å². The molecule has 18 nitrogen and oxygen atoms in total. The summed E-state index contributed by atoms with van der Waals surface area (Å²) in [5, 5.41) is 13.2. The molecule has 3 aliphatic rings. The molecule has 0 saturated carbocycles. The highest BCUT2D eigenvalue weighted by molar-refractivity contribution is 7.54. The van der Waals surface area contributed by atoms with E-state index in [1.807, 2.05) is 0 Å². The molecule has 21 heteroatoms. The number of aromatic nitrogens is 1. The Morgan fingerprint density at radius 1 is 0.875 bits per heavy atom. The fraction of sp³-hybridized carbons (Fsp3) is 0.512. The Hall–Kier alpha value is -5.90. The number of nitrogens with one attached hydrogen (secondary N) is 2. The highest BCUT2D eigenvalue weighted by Gasteiger charge is 2.56. The number of H-pyrrole nitrogens is 1. The van der Waals surface area contributed by atoms with Crippen LogP contribution < -0.4 is 10.9 Å². The minimum atomic E-state index is -5.70. The number of amides is 3. The van der Waals surface area contributed by atoms with Crippen molar-refractivity contribution in [2.75, 3.05) is 26.7 Å². The van der Waals surface area contributed by atoms with Crippen LogP contribution in [0.5, 0.6) is 0 Å². The first kappa shape index (κ1) is 47.6. The molecule has 1 aromatic heterocycles. The summed E-state index contributed by atoms with van der Waals surface area (Å²) in [5.41, 5.74) is -5.04. The van der Waals surface area contributed by atoms with Crippen molar-refractivity contribution < 1.29 is 65.3 Å². The third-order valence-electron chi connectivity index (χ3n) is 11.2. The van der Waals surface area contributed by atoms with Crippen molar-refractivity contribution in [2.24, 2.45) is 5.92 Å². The van der Waals surface area contributed by atoms with Gasteiger partial charge in [-0.05, 0) is 94.0 Å². The first-order valence-electron chi connectivity index (χ1n) is 20.9. The molecule has 6 rings (SSSR count). The van der Waals surface area contributed by atoms with Crippen molar-refractivity contribution >= 4 is 48.4 Å². The molecule has 3 amide bonds. The predicted octanol–water partition coefficient (Wildman–Crippen LogP) is 6.64. The average molecular weight is 914 g/mol. The van der Waals surface area contributed by atoms with Crippen LogP contribution in [-0.2, 0) is 47.8 Å². The van der Waals surface area contributed by atoms with Crippen molar-refractivity contribution in [2.45, 2.75) is 108 Å². The monoisotopic (exact) mass is 913 g/mol. The van der Waals surface area contributed by atoms with E-state index in [1.165, 1.54) is 64.2 Å². The Kier molecular flexibility index (Phi) is 15.1. The lowest BCUT2D eigenvalue weighted by molar-refractivity contribution is -0.146. The summed E-state index contributed by atoms with van der Waals surface area (Å²) < 4.78 is 74.9. The van der Waals surface area contributed by atoms with Crippen LogP contribution in [0, 0.1) is 17.2 Å². The van der Waals surface area contributed by atoms with Gasteiger partial charge in [-0.1, -0.05) is 31.0 Å². The molecular formula is C43H50F2N5O13P. The lowest BCUT2D eigenvalue weighted by atomic mass is 9.91. The topological polar surface area (TPSA) is 233 Å². The molecule has 0 unspecified atom stereocenters. The summed E-state index contributed by atoms with van der Waals surface area (Å²) in [5.74, 6) is -2.38. The largest absolute Gasteiger partial charge is 0.510 e. The Bertz CT molecular complexity index is 2360. The van der Waals surface area contributed by atoms with Gasteiger partial charge in [0, 0.05) is 48.4 Å². The fourth-order valence-corrected chi connectivity index (χ4v) is 9.41. The zero-order valence-electron chi connectivity index (χ0n) is 35.7. The van der Waals surface area contributed by atoms with Crippen LogP contribution in [0.2, 0.25) is 0 Å². The molecule has 0 aliphatic carbocycles. The third kappa shape index (κ3) is 10.9. The zero-order chi connectivity index (χ0) is 46.3. The predicted molar refractivity (Wildman–Crippen MR) is 222 cm³/mol. The highest BCUT2D eigenvalue weighted by atomic mass is 31.2. The van der Waals surface area contributed by atoms with Crippen LogP contribution in [0.3, 0.4) is 0 Å². The number of aromatic amines is 1. The molecule has 3 aromatic rings. The molecule has 0 bridgehead atoms. The van der Waals surface area contributed by atoms with Gasteiger partial charge in [-0.2, -0.15) is 14.0 Å². The lowest BCUT2D eigenvalue weighted by Crippen LogP contribution is -2.56. The van der Waals surface area contributed by atoms with Gasteiger partial charge >= 0.3 is 25.6 Å². The van der Waals surface area contributed by atoms with Gasteiger partial charge in [-0.3, -0.25) is 32.8 Å². The number of nitriles is 1. The maximum absolute atomic E-state index is 16.3. The van der Waals surface area contributed by atoms with Crippen molar-refractivity contribution in [3.8, 4) is 6.07 Å². The number of hydrogen-bond acceptors (Lipinski definition) is 14. The summed E-state index contributed by atoms with van der Waals surface area (Å²) >= 11 is 0. The second-order valence-corrected chi connectivity index (χ2v) is 18.4. The molecule has 3 fully saturated rings. The number of fused-ring (bicyclic) bond motifs is 2. The number of likely N-dealkylation sites (tertiary alicyclic amines) is 1. The number of carbonyl (C=O) groups excluding carboxylic acids is 5. The Morgan fingerprint density at radius 2 is 1.53 bits per heavy atom.